The molecule has 8 nitrogen and oxygen atoms in total. The summed E-state index contributed by atoms with van der Waals surface area (Å²) in [6, 6.07) is 18.1. The molecule has 0 aliphatic rings. The second-order valence-corrected chi connectivity index (χ2v) is 11.7. The number of nitrogens with zero attached hydrogens (tertiary/aromatic N) is 2. The van der Waals surface area contributed by atoms with Crippen molar-refractivity contribution in [1.82, 2.24) is 10.2 Å². The quantitative estimate of drug-likeness (QED) is 0.371. The molecule has 10 heteroatoms. The van der Waals surface area contributed by atoms with Crippen molar-refractivity contribution >= 4 is 43.5 Å². The number of likely N-dealkylation sites (N-methyl/N-ethyl adjacent to an activating group) is 1. The monoisotopic (exact) mass is 601 g/mol. The van der Waals surface area contributed by atoms with Gasteiger partial charge in [-0.15, -0.1) is 0 Å². The van der Waals surface area contributed by atoms with Crippen molar-refractivity contribution in [1.29, 1.82) is 0 Å². The standard InChI is InChI=1S/C28H32BrN3O5S/c1-19-6-10-22(11-7-19)17-31(21(3)28(34)30-4)27(33)18-32(23-12-8-20(2)9-13-23)38(35,36)24-14-15-26(37-5)25(29)16-24/h6-16,21H,17-18H2,1-5H3,(H,30,34)/t21-/m1/s1. The van der Waals surface area contributed by atoms with E-state index in [1.54, 1.807) is 37.3 Å². The molecule has 2 amide bonds. The summed E-state index contributed by atoms with van der Waals surface area (Å²) in [4.78, 5) is 27.7. The third-order valence-corrected chi connectivity index (χ3v) is 8.59. The van der Waals surface area contributed by atoms with Gasteiger partial charge in [-0.25, -0.2) is 8.42 Å². The van der Waals surface area contributed by atoms with Crippen LogP contribution in [0.4, 0.5) is 5.69 Å². The summed E-state index contributed by atoms with van der Waals surface area (Å²) in [5, 5.41) is 2.58. The number of amides is 2. The zero-order valence-corrected chi connectivity index (χ0v) is 24.5. The lowest BCUT2D eigenvalue weighted by atomic mass is 10.1. The van der Waals surface area contributed by atoms with Crippen LogP contribution in [0.1, 0.15) is 23.6 Å². The third kappa shape index (κ3) is 6.73. The van der Waals surface area contributed by atoms with Crippen LogP contribution in [-0.2, 0) is 26.2 Å². The van der Waals surface area contributed by atoms with E-state index in [1.165, 1.54) is 31.2 Å². The largest absolute Gasteiger partial charge is 0.496 e. The molecular weight excluding hydrogens is 570 g/mol. The second kappa shape index (κ2) is 12.4. The van der Waals surface area contributed by atoms with Gasteiger partial charge in [-0.2, -0.15) is 0 Å². The molecule has 0 spiro atoms. The highest BCUT2D eigenvalue weighted by Crippen LogP contribution is 2.31. The summed E-state index contributed by atoms with van der Waals surface area (Å²) < 4.78 is 34.6. The number of hydrogen-bond donors (Lipinski definition) is 1. The van der Waals surface area contributed by atoms with E-state index in [0.29, 0.717) is 15.9 Å². The Bertz CT molecular complexity index is 1390. The molecule has 0 fully saturated rings. The average Bonchev–Trinajstić information content (AvgIpc) is 2.90. The van der Waals surface area contributed by atoms with Crippen molar-refractivity contribution in [2.75, 3.05) is 25.0 Å². The minimum absolute atomic E-state index is 0.0111. The molecule has 3 aromatic carbocycles. The fourth-order valence-corrected chi connectivity index (χ4v) is 5.99. The number of carbonyl (C=O) groups excluding carboxylic acids is 2. The number of nitrogens with one attached hydrogen (secondary N) is 1. The van der Waals surface area contributed by atoms with Crippen LogP contribution in [0.15, 0.2) is 76.1 Å². The Labute approximate surface area is 232 Å². The SMILES string of the molecule is CNC(=O)[C@@H](C)N(Cc1ccc(C)cc1)C(=O)CN(c1ccc(C)cc1)S(=O)(=O)c1ccc(OC)c(Br)c1. The normalized spacial score (nSPS) is 11.9. The summed E-state index contributed by atoms with van der Waals surface area (Å²) in [6.07, 6.45) is 0. The number of rotatable bonds is 10. The fourth-order valence-electron chi connectivity index (χ4n) is 3.86. The fraction of sp³-hybridized carbons (Fsp3) is 0.286. The molecule has 0 heterocycles. The predicted octanol–water partition coefficient (Wildman–Crippen LogP) is 4.43. The van der Waals surface area contributed by atoms with Crippen LogP contribution in [0, 0.1) is 13.8 Å². The molecule has 0 aliphatic heterocycles. The molecule has 3 rings (SSSR count). The van der Waals surface area contributed by atoms with E-state index < -0.39 is 28.5 Å². The summed E-state index contributed by atoms with van der Waals surface area (Å²) in [7, 11) is -1.19. The molecule has 0 bridgehead atoms. The van der Waals surface area contributed by atoms with Gasteiger partial charge in [-0.3, -0.25) is 13.9 Å². The van der Waals surface area contributed by atoms with Gasteiger partial charge >= 0.3 is 0 Å². The Morgan fingerprint density at radius 2 is 1.55 bits per heavy atom. The van der Waals surface area contributed by atoms with E-state index in [2.05, 4.69) is 21.2 Å². The van der Waals surface area contributed by atoms with Crippen molar-refractivity contribution in [3.63, 3.8) is 0 Å². The summed E-state index contributed by atoms with van der Waals surface area (Å²) >= 11 is 3.35. The molecule has 3 aromatic rings. The summed E-state index contributed by atoms with van der Waals surface area (Å²) in [6.45, 7) is 5.12. The van der Waals surface area contributed by atoms with Crippen molar-refractivity contribution in [3.05, 3.63) is 87.9 Å². The lowest BCUT2D eigenvalue weighted by molar-refractivity contribution is -0.139. The number of ether oxygens (including phenoxy) is 1. The molecule has 202 valence electrons. The number of benzene rings is 3. The molecule has 1 N–H and O–H groups in total. The summed E-state index contributed by atoms with van der Waals surface area (Å²) in [5.74, 6) is -0.390. The van der Waals surface area contributed by atoms with Crippen molar-refractivity contribution in [2.45, 2.75) is 38.3 Å². The predicted molar refractivity (Wildman–Crippen MR) is 152 cm³/mol. The van der Waals surface area contributed by atoms with Gasteiger partial charge < -0.3 is 15.0 Å². The molecule has 0 radical (unpaired) electrons. The third-order valence-electron chi connectivity index (χ3n) is 6.20. The van der Waals surface area contributed by atoms with E-state index in [0.717, 1.165) is 21.0 Å². The van der Waals surface area contributed by atoms with Gasteiger partial charge in [0.2, 0.25) is 11.8 Å². The topological polar surface area (TPSA) is 96.0 Å². The number of hydrogen-bond acceptors (Lipinski definition) is 5. The zero-order valence-electron chi connectivity index (χ0n) is 22.1. The first-order valence-corrected chi connectivity index (χ1v) is 14.2. The highest BCUT2D eigenvalue weighted by atomic mass is 79.9. The number of halogens is 1. The Balaban J connectivity index is 2.04. The smallest absolute Gasteiger partial charge is 0.264 e. The number of aryl methyl sites for hydroxylation is 2. The molecule has 38 heavy (non-hydrogen) atoms. The highest BCUT2D eigenvalue weighted by molar-refractivity contribution is 9.10. The van der Waals surface area contributed by atoms with Gasteiger partial charge in [0.05, 0.1) is 22.2 Å². The highest BCUT2D eigenvalue weighted by Gasteiger charge is 2.32. The van der Waals surface area contributed by atoms with Crippen LogP contribution in [0.3, 0.4) is 0 Å². The van der Waals surface area contributed by atoms with E-state index >= 15 is 0 Å². The van der Waals surface area contributed by atoms with Gasteiger partial charge in [-0.05, 0) is 72.6 Å². The van der Waals surface area contributed by atoms with Crippen LogP contribution in [0.2, 0.25) is 0 Å². The van der Waals surface area contributed by atoms with Gasteiger partial charge in [0.15, 0.2) is 0 Å². The van der Waals surface area contributed by atoms with E-state index in [9.17, 15) is 18.0 Å². The van der Waals surface area contributed by atoms with Crippen LogP contribution >= 0.6 is 15.9 Å². The number of anilines is 1. The van der Waals surface area contributed by atoms with E-state index in [1.807, 2.05) is 38.1 Å². The molecule has 0 aromatic heterocycles. The van der Waals surface area contributed by atoms with E-state index in [-0.39, 0.29) is 17.3 Å². The number of methoxy groups -OCH3 is 1. The molecule has 0 aliphatic carbocycles. The molecule has 0 saturated carbocycles. The van der Waals surface area contributed by atoms with Crippen molar-refractivity contribution < 1.29 is 22.7 Å². The lowest BCUT2D eigenvalue weighted by Crippen LogP contribution is -2.50. The van der Waals surface area contributed by atoms with Gasteiger partial charge in [0.1, 0.15) is 18.3 Å². The Morgan fingerprint density at radius 3 is 2.08 bits per heavy atom. The lowest BCUT2D eigenvalue weighted by Gasteiger charge is -2.32. The zero-order chi connectivity index (χ0) is 28.0. The molecule has 0 unspecified atom stereocenters. The maximum absolute atomic E-state index is 13.9. The molecule has 0 saturated heterocycles. The minimum Gasteiger partial charge on any atom is -0.496 e. The second-order valence-electron chi connectivity index (χ2n) is 8.94. The Kier molecular flexibility index (Phi) is 9.56. The Morgan fingerprint density at radius 1 is 0.974 bits per heavy atom. The molecule has 1 atom stereocenters. The van der Waals surface area contributed by atoms with Crippen LogP contribution in [0.25, 0.3) is 0 Å². The maximum Gasteiger partial charge on any atom is 0.264 e. The average molecular weight is 603 g/mol. The molecular formula is C28H32BrN3O5S. The number of carbonyl (C=O) groups is 2. The number of sulfonamides is 1. The van der Waals surface area contributed by atoms with Gasteiger partial charge in [-0.1, -0.05) is 47.5 Å². The van der Waals surface area contributed by atoms with Gasteiger partial charge in [0, 0.05) is 13.6 Å². The first-order chi connectivity index (χ1) is 18.0. The van der Waals surface area contributed by atoms with Crippen molar-refractivity contribution in [3.8, 4) is 5.75 Å². The van der Waals surface area contributed by atoms with Crippen LogP contribution in [0.5, 0.6) is 5.75 Å². The van der Waals surface area contributed by atoms with Crippen LogP contribution < -0.4 is 14.4 Å². The Hall–Kier alpha value is -3.37. The summed E-state index contributed by atoms with van der Waals surface area (Å²) in [5.41, 5.74) is 3.16. The van der Waals surface area contributed by atoms with E-state index in [4.69, 9.17) is 4.74 Å². The first-order valence-electron chi connectivity index (χ1n) is 12.0. The minimum atomic E-state index is -4.17. The van der Waals surface area contributed by atoms with Crippen molar-refractivity contribution in [2.24, 2.45) is 0 Å². The van der Waals surface area contributed by atoms with Crippen LogP contribution in [-0.4, -0.2) is 51.9 Å². The first kappa shape index (κ1) is 29.2. The maximum atomic E-state index is 13.9. The van der Waals surface area contributed by atoms with Gasteiger partial charge in [0.25, 0.3) is 10.0 Å².